The lowest BCUT2D eigenvalue weighted by atomic mass is 9.81. The van der Waals surface area contributed by atoms with Crippen LogP contribution in [0.25, 0.3) is 11.1 Å². The summed E-state index contributed by atoms with van der Waals surface area (Å²) in [5, 5.41) is 0. The van der Waals surface area contributed by atoms with E-state index in [9.17, 15) is 0 Å². The van der Waals surface area contributed by atoms with Gasteiger partial charge in [-0.05, 0) is 34.3 Å². The van der Waals surface area contributed by atoms with E-state index in [4.69, 9.17) is 0 Å². The number of hydrogen-bond acceptors (Lipinski definition) is 0. The highest BCUT2D eigenvalue weighted by Gasteiger charge is 2.19. The molecule has 115 valence electrons. The van der Waals surface area contributed by atoms with Crippen molar-refractivity contribution < 1.29 is 0 Å². The van der Waals surface area contributed by atoms with Crippen molar-refractivity contribution in [2.45, 2.75) is 6.42 Å². The van der Waals surface area contributed by atoms with Gasteiger partial charge in [0.1, 0.15) is 0 Å². The molecular formula is C24H19. The summed E-state index contributed by atoms with van der Waals surface area (Å²) < 4.78 is 0. The molecule has 0 spiro atoms. The van der Waals surface area contributed by atoms with Crippen LogP contribution in [0, 0.1) is 5.92 Å². The Balaban J connectivity index is 1.79. The van der Waals surface area contributed by atoms with E-state index >= 15 is 0 Å². The molecule has 0 amide bonds. The van der Waals surface area contributed by atoms with Crippen LogP contribution in [0.4, 0.5) is 0 Å². The third kappa shape index (κ3) is 3.09. The first-order valence-corrected chi connectivity index (χ1v) is 8.34. The first-order chi connectivity index (χ1) is 11.9. The molecule has 1 aliphatic rings. The molecule has 0 nitrogen and oxygen atoms in total. The molecular weight excluding hydrogens is 288 g/mol. The Bertz CT molecular complexity index is 856. The highest BCUT2D eigenvalue weighted by atomic mass is 14.2. The van der Waals surface area contributed by atoms with E-state index in [0.717, 1.165) is 6.42 Å². The lowest BCUT2D eigenvalue weighted by molar-refractivity contribution is 1.11. The van der Waals surface area contributed by atoms with E-state index in [1.54, 1.807) is 0 Å². The second-order valence-electron chi connectivity index (χ2n) is 6.07. The summed E-state index contributed by atoms with van der Waals surface area (Å²) in [5.74, 6) is 1.37. The Hall–Kier alpha value is -2.86. The minimum absolute atomic E-state index is 0.963. The van der Waals surface area contributed by atoms with Gasteiger partial charge in [-0.15, -0.1) is 0 Å². The Morgan fingerprint density at radius 3 is 1.54 bits per heavy atom. The number of benzene rings is 3. The molecule has 0 aromatic heterocycles. The Morgan fingerprint density at radius 2 is 0.958 bits per heavy atom. The van der Waals surface area contributed by atoms with Crippen LogP contribution in [0.2, 0.25) is 0 Å². The maximum Gasteiger partial charge on any atom is 0.0316 e. The van der Waals surface area contributed by atoms with Crippen molar-refractivity contribution in [2.75, 3.05) is 0 Å². The number of allylic oxidation sites excluding steroid dienone is 4. The maximum absolute atomic E-state index is 2.33. The normalized spacial score (nSPS) is 14.8. The molecule has 0 unspecified atom stereocenters. The Labute approximate surface area is 143 Å². The molecule has 3 aromatic rings. The molecule has 24 heavy (non-hydrogen) atoms. The largest absolute Gasteiger partial charge is 0.0645 e. The van der Waals surface area contributed by atoms with Gasteiger partial charge in [-0.25, -0.2) is 0 Å². The van der Waals surface area contributed by atoms with Crippen molar-refractivity contribution in [3.05, 3.63) is 126 Å². The third-order valence-corrected chi connectivity index (χ3v) is 4.44. The van der Waals surface area contributed by atoms with Crippen molar-refractivity contribution in [1.29, 1.82) is 0 Å². The number of hydrogen-bond donors (Lipinski definition) is 0. The van der Waals surface area contributed by atoms with Crippen molar-refractivity contribution in [3.8, 4) is 0 Å². The fourth-order valence-corrected chi connectivity index (χ4v) is 3.20. The van der Waals surface area contributed by atoms with E-state index in [1.807, 2.05) is 0 Å². The van der Waals surface area contributed by atoms with Crippen LogP contribution in [-0.2, 0) is 0 Å². The molecule has 0 saturated heterocycles. The fourth-order valence-electron chi connectivity index (χ4n) is 3.20. The summed E-state index contributed by atoms with van der Waals surface area (Å²) in [6, 6.07) is 32.0. The lowest BCUT2D eigenvalue weighted by Gasteiger charge is -2.22. The lowest BCUT2D eigenvalue weighted by Crippen LogP contribution is -2.04. The standard InChI is InChI=1S/C24H19/c1-4-10-19(11-5-1)22-16-23(20-12-6-2-7-13-20)18-24(17-22)21-14-8-3-9-15-21/h1-17H,18H2. The minimum Gasteiger partial charge on any atom is -0.0645 e. The summed E-state index contributed by atoms with van der Waals surface area (Å²) in [6.45, 7) is 0. The van der Waals surface area contributed by atoms with Crippen LogP contribution in [-0.4, -0.2) is 0 Å². The predicted molar refractivity (Wildman–Crippen MR) is 102 cm³/mol. The second-order valence-corrected chi connectivity index (χ2v) is 6.07. The molecule has 4 rings (SSSR count). The van der Waals surface area contributed by atoms with E-state index in [-0.39, 0.29) is 0 Å². The summed E-state index contributed by atoms with van der Waals surface area (Å²) in [6.07, 6.45) is 5.62. The minimum atomic E-state index is 0.963. The van der Waals surface area contributed by atoms with Crippen LogP contribution in [0.3, 0.4) is 0 Å². The second kappa shape index (κ2) is 6.72. The number of rotatable bonds is 3. The van der Waals surface area contributed by atoms with E-state index < -0.39 is 0 Å². The Morgan fingerprint density at radius 1 is 0.458 bits per heavy atom. The van der Waals surface area contributed by atoms with Crippen LogP contribution in [0.15, 0.2) is 103 Å². The molecule has 0 atom stereocenters. The van der Waals surface area contributed by atoms with Crippen LogP contribution in [0.5, 0.6) is 0 Å². The topological polar surface area (TPSA) is 0 Å². The van der Waals surface area contributed by atoms with Crippen LogP contribution < -0.4 is 0 Å². The summed E-state index contributed by atoms with van der Waals surface area (Å²) in [5.41, 5.74) is 6.51. The van der Waals surface area contributed by atoms with Gasteiger partial charge in [0.05, 0.1) is 0 Å². The monoisotopic (exact) mass is 307 g/mol. The highest BCUT2D eigenvalue weighted by molar-refractivity contribution is 5.89. The van der Waals surface area contributed by atoms with Gasteiger partial charge in [-0.1, -0.05) is 103 Å². The van der Waals surface area contributed by atoms with Crippen LogP contribution in [0.1, 0.15) is 23.1 Å². The van der Waals surface area contributed by atoms with Crippen molar-refractivity contribution in [3.63, 3.8) is 0 Å². The van der Waals surface area contributed by atoms with Crippen molar-refractivity contribution in [2.24, 2.45) is 0 Å². The van der Waals surface area contributed by atoms with Gasteiger partial charge in [0, 0.05) is 5.92 Å². The van der Waals surface area contributed by atoms with Gasteiger partial charge in [0.15, 0.2) is 0 Å². The predicted octanol–water partition coefficient (Wildman–Crippen LogP) is 6.18. The molecule has 1 aliphatic carbocycles. The van der Waals surface area contributed by atoms with Gasteiger partial charge in [-0.2, -0.15) is 0 Å². The zero-order valence-corrected chi connectivity index (χ0v) is 13.5. The zero-order valence-electron chi connectivity index (χ0n) is 13.5. The first kappa shape index (κ1) is 14.7. The third-order valence-electron chi connectivity index (χ3n) is 4.44. The van der Waals surface area contributed by atoms with Gasteiger partial charge >= 0.3 is 0 Å². The van der Waals surface area contributed by atoms with E-state index in [0.29, 0.717) is 0 Å². The quantitative estimate of drug-likeness (QED) is 0.542. The molecule has 0 heteroatoms. The average Bonchev–Trinajstić information content (AvgIpc) is 2.70. The highest BCUT2D eigenvalue weighted by Crippen LogP contribution is 2.38. The van der Waals surface area contributed by atoms with Crippen molar-refractivity contribution in [1.82, 2.24) is 0 Å². The molecule has 0 saturated carbocycles. The molecule has 0 heterocycles. The molecule has 0 N–H and O–H groups in total. The zero-order chi connectivity index (χ0) is 16.2. The van der Waals surface area contributed by atoms with E-state index in [1.165, 1.54) is 33.8 Å². The van der Waals surface area contributed by atoms with Gasteiger partial charge in [-0.3, -0.25) is 0 Å². The summed E-state index contributed by atoms with van der Waals surface area (Å²) >= 11 is 0. The molecule has 0 fully saturated rings. The molecule has 3 aromatic carbocycles. The smallest absolute Gasteiger partial charge is 0.0316 e. The molecule has 0 bridgehead atoms. The van der Waals surface area contributed by atoms with Crippen LogP contribution >= 0.6 is 0 Å². The SMILES string of the molecule is C1=C(c2ccccc2)C=C(c2ccccc2)C[C]1c1ccccc1. The molecule has 0 aliphatic heterocycles. The first-order valence-electron chi connectivity index (χ1n) is 8.34. The Kier molecular flexibility index (Phi) is 4.12. The van der Waals surface area contributed by atoms with Crippen molar-refractivity contribution >= 4 is 11.1 Å². The van der Waals surface area contributed by atoms with Gasteiger partial charge in [0.2, 0.25) is 0 Å². The van der Waals surface area contributed by atoms with Gasteiger partial charge in [0.25, 0.3) is 0 Å². The average molecular weight is 307 g/mol. The fraction of sp³-hybridized carbons (Fsp3) is 0.0417. The summed E-state index contributed by atoms with van der Waals surface area (Å²) in [4.78, 5) is 0. The molecule has 1 radical (unpaired) electrons. The van der Waals surface area contributed by atoms with E-state index in [2.05, 4.69) is 103 Å². The maximum atomic E-state index is 2.33. The summed E-state index contributed by atoms with van der Waals surface area (Å²) in [7, 11) is 0. The van der Waals surface area contributed by atoms with Gasteiger partial charge < -0.3 is 0 Å².